The Balaban J connectivity index is 1.92. The Bertz CT molecular complexity index is 1070. The van der Waals surface area contributed by atoms with E-state index >= 15 is 0 Å². The van der Waals surface area contributed by atoms with Crippen molar-refractivity contribution in [2.45, 2.75) is 0 Å². The number of nitro benzene ring substituents is 1. The second-order valence-electron chi connectivity index (χ2n) is 5.69. The number of thioether (sulfide) groups is 1. The minimum Gasteiger partial charge on any atom is -0.478 e. The molecule has 142 valence electrons. The zero-order valence-electron chi connectivity index (χ0n) is 14.3. The lowest BCUT2D eigenvalue weighted by Gasteiger charge is -2.07. The first-order chi connectivity index (χ1) is 13.3. The molecular weight excluding hydrogens is 450 g/mol. The maximum absolute atomic E-state index is 12.5. The summed E-state index contributed by atoms with van der Waals surface area (Å²) in [5.74, 6) is -1.37. The van der Waals surface area contributed by atoms with Gasteiger partial charge in [0.2, 0.25) is 0 Å². The van der Waals surface area contributed by atoms with E-state index in [4.69, 9.17) is 5.11 Å². The first kappa shape index (κ1) is 19.8. The van der Waals surface area contributed by atoms with Gasteiger partial charge in [-0.05, 0) is 63.6 Å². The van der Waals surface area contributed by atoms with Crippen LogP contribution in [0.3, 0.4) is 0 Å². The minimum atomic E-state index is -1.07. The highest BCUT2D eigenvalue weighted by Crippen LogP contribution is 2.34. The van der Waals surface area contributed by atoms with Gasteiger partial charge >= 0.3 is 5.97 Å². The van der Waals surface area contributed by atoms with Gasteiger partial charge in [0, 0.05) is 13.1 Å². The van der Waals surface area contributed by atoms with Crippen LogP contribution < -0.4 is 0 Å². The molecule has 0 bridgehead atoms. The van der Waals surface area contributed by atoms with Crippen LogP contribution >= 0.6 is 27.7 Å². The lowest BCUT2D eigenvalue weighted by Crippen LogP contribution is -2.23. The number of amidine groups is 1. The van der Waals surface area contributed by atoms with E-state index in [9.17, 15) is 19.7 Å². The third-order valence-corrected chi connectivity index (χ3v) is 5.52. The lowest BCUT2D eigenvalue weighted by atomic mass is 10.2. The normalized spacial score (nSPS) is 16.8. The highest BCUT2D eigenvalue weighted by molar-refractivity contribution is 9.10. The number of aromatic carboxylic acids is 1. The summed E-state index contributed by atoms with van der Waals surface area (Å²) in [5.41, 5.74) is 0.908. The summed E-state index contributed by atoms with van der Waals surface area (Å²) >= 11 is 4.23. The van der Waals surface area contributed by atoms with E-state index in [1.807, 2.05) is 0 Å². The van der Waals surface area contributed by atoms with Crippen LogP contribution in [-0.2, 0) is 4.79 Å². The fourth-order valence-corrected chi connectivity index (χ4v) is 3.76. The Morgan fingerprint density at radius 1 is 1.32 bits per heavy atom. The molecule has 10 heteroatoms. The van der Waals surface area contributed by atoms with Crippen LogP contribution in [0.15, 0.2) is 56.8 Å². The van der Waals surface area contributed by atoms with E-state index in [1.54, 1.807) is 37.4 Å². The highest BCUT2D eigenvalue weighted by atomic mass is 79.9. The van der Waals surface area contributed by atoms with E-state index in [2.05, 4.69) is 20.9 Å². The van der Waals surface area contributed by atoms with E-state index in [-0.39, 0.29) is 17.2 Å². The third-order valence-electron chi connectivity index (χ3n) is 3.79. The largest absolute Gasteiger partial charge is 0.478 e. The van der Waals surface area contributed by atoms with Crippen molar-refractivity contribution in [1.29, 1.82) is 0 Å². The molecule has 0 radical (unpaired) electrons. The molecule has 2 aromatic carbocycles. The molecule has 8 nitrogen and oxygen atoms in total. The molecule has 1 fully saturated rings. The molecule has 0 atom stereocenters. The van der Waals surface area contributed by atoms with Gasteiger partial charge in [-0.25, -0.2) is 9.79 Å². The standard InChI is InChI=1S/C18H12BrN3O5S/c1-21-16(23)15(8-10-5-6-13(19)14(7-10)22(26)27)28-18(21)20-12-4-2-3-11(9-12)17(24)25/h2-9H,1H3,(H,24,25)/b15-8-,20-18?. The maximum Gasteiger partial charge on any atom is 0.335 e. The van der Waals surface area contributed by atoms with Crippen LogP contribution in [0.5, 0.6) is 0 Å². The molecule has 0 aromatic heterocycles. The lowest BCUT2D eigenvalue weighted by molar-refractivity contribution is -0.385. The minimum absolute atomic E-state index is 0.0942. The van der Waals surface area contributed by atoms with Gasteiger partial charge in [0.15, 0.2) is 5.17 Å². The van der Waals surface area contributed by atoms with Crippen molar-refractivity contribution in [2.24, 2.45) is 4.99 Å². The number of halogens is 1. The van der Waals surface area contributed by atoms with Crippen LogP contribution in [0.1, 0.15) is 15.9 Å². The number of amides is 1. The number of carboxylic acid groups (broad SMARTS) is 1. The van der Waals surface area contributed by atoms with Crippen LogP contribution in [0.4, 0.5) is 11.4 Å². The zero-order chi connectivity index (χ0) is 20.4. The smallest absolute Gasteiger partial charge is 0.335 e. The van der Waals surface area contributed by atoms with Crippen LogP contribution in [0.2, 0.25) is 0 Å². The highest BCUT2D eigenvalue weighted by Gasteiger charge is 2.30. The molecule has 0 saturated carbocycles. The number of hydrogen-bond donors (Lipinski definition) is 1. The van der Waals surface area contributed by atoms with Crippen molar-refractivity contribution in [3.05, 3.63) is 73.1 Å². The van der Waals surface area contributed by atoms with Crippen molar-refractivity contribution in [3.63, 3.8) is 0 Å². The molecule has 1 saturated heterocycles. The predicted molar refractivity (Wildman–Crippen MR) is 110 cm³/mol. The van der Waals surface area contributed by atoms with Gasteiger partial charge in [-0.3, -0.25) is 19.8 Å². The molecule has 1 N–H and O–H groups in total. The summed E-state index contributed by atoms with van der Waals surface area (Å²) in [6, 6.07) is 10.6. The predicted octanol–water partition coefficient (Wildman–Crippen LogP) is 4.29. The van der Waals surface area contributed by atoms with Crippen LogP contribution in [0, 0.1) is 10.1 Å². The number of carbonyl (C=O) groups is 2. The number of rotatable bonds is 4. The van der Waals surface area contributed by atoms with Crippen molar-refractivity contribution in [1.82, 2.24) is 4.90 Å². The molecule has 1 aliphatic rings. The molecule has 1 amide bonds. The molecule has 0 aliphatic carbocycles. The number of nitrogens with zero attached hydrogens (tertiary/aromatic N) is 3. The van der Waals surface area contributed by atoms with Gasteiger partial charge in [0.05, 0.1) is 25.6 Å². The zero-order valence-corrected chi connectivity index (χ0v) is 16.7. The number of carboxylic acids is 1. The summed E-state index contributed by atoms with van der Waals surface area (Å²) in [7, 11) is 1.56. The topological polar surface area (TPSA) is 113 Å². The van der Waals surface area contributed by atoms with Crippen molar-refractivity contribution >= 4 is 62.2 Å². The molecule has 3 rings (SSSR count). The number of aliphatic imine (C=N–C) groups is 1. The van der Waals surface area contributed by atoms with Crippen LogP contribution in [-0.4, -0.2) is 39.0 Å². The molecular formula is C18H12BrN3O5S. The first-order valence-corrected chi connectivity index (χ1v) is 9.41. The second kappa shape index (κ2) is 7.95. The van der Waals surface area contributed by atoms with Crippen molar-refractivity contribution < 1.29 is 19.6 Å². The Morgan fingerprint density at radius 3 is 2.75 bits per heavy atom. The van der Waals surface area contributed by atoms with Crippen molar-refractivity contribution in [3.8, 4) is 0 Å². The Hall–Kier alpha value is -2.98. The number of hydrogen-bond acceptors (Lipinski definition) is 6. The molecule has 1 heterocycles. The number of likely N-dealkylation sites (N-methyl/N-ethyl adjacent to an activating group) is 1. The molecule has 28 heavy (non-hydrogen) atoms. The fourth-order valence-electron chi connectivity index (χ4n) is 2.38. The summed E-state index contributed by atoms with van der Waals surface area (Å²) in [4.78, 5) is 40.2. The molecule has 1 aliphatic heterocycles. The first-order valence-electron chi connectivity index (χ1n) is 7.80. The third kappa shape index (κ3) is 4.12. The van der Waals surface area contributed by atoms with Gasteiger partial charge in [0.25, 0.3) is 11.6 Å². The van der Waals surface area contributed by atoms with E-state index in [1.165, 1.54) is 23.1 Å². The Kier molecular flexibility index (Phi) is 5.61. The van der Waals surface area contributed by atoms with Gasteiger partial charge in [-0.1, -0.05) is 12.1 Å². The summed E-state index contributed by atoms with van der Waals surface area (Å²) in [5, 5.41) is 20.5. The molecule has 2 aromatic rings. The monoisotopic (exact) mass is 461 g/mol. The summed E-state index contributed by atoms with van der Waals surface area (Å²) in [6.45, 7) is 0. The number of carbonyl (C=O) groups excluding carboxylic acids is 1. The SMILES string of the molecule is CN1C(=O)/C(=C/c2ccc(Br)c([N+](=O)[O-])c2)SC1=Nc1cccc(C(=O)O)c1. The van der Waals surface area contributed by atoms with Gasteiger partial charge in [0.1, 0.15) is 0 Å². The maximum atomic E-state index is 12.5. The van der Waals surface area contributed by atoms with Gasteiger partial charge in [-0.2, -0.15) is 0 Å². The number of benzene rings is 2. The second-order valence-corrected chi connectivity index (χ2v) is 7.56. The van der Waals surface area contributed by atoms with Crippen LogP contribution in [0.25, 0.3) is 6.08 Å². The molecule has 0 spiro atoms. The Morgan fingerprint density at radius 2 is 2.07 bits per heavy atom. The Labute approximate surface area is 171 Å². The quantitative estimate of drug-likeness (QED) is 0.412. The van der Waals surface area contributed by atoms with E-state index < -0.39 is 10.9 Å². The molecule has 0 unspecified atom stereocenters. The summed E-state index contributed by atoms with van der Waals surface area (Å²) in [6.07, 6.45) is 1.55. The van der Waals surface area contributed by atoms with Crippen molar-refractivity contribution in [2.75, 3.05) is 7.05 Å². The van der Waals surface area contributed by atoms with Gasteiger partial charge in [-0.15, -0.1) is 0 Å². The average molecular weight is 462 g/mol. The van der Waals surface area contributed by atoms with E-state index in [0.29, 0.717) is 25.8 Å². The average Bonchev–Trinajstić information content (AvgIpc) is 2.91. The van der Waals surface area contributed by atoms with Gasteiger partial charge < -0.3 is 5.11 Å². The fraction of sp³-hybridized carbons (Fsp3) is 0.0556. The van der Waals surface area contributed by atoms with E-state index in [0.717, 1.165) is 11.8 Å². The number of nitro groups is 1. The summed E-state index contributed by atoms with van der Waals surface area (Å²) < 4.78 is 0.350.